The topological polar surface area (TPSA) is 57.6 Å². The molecule has 0 heterocycles. The van der Waals surface area contributed by atoms with Crippen LogP contribution in [0.2, 0.25) is 0 Å². The zero-order valence-electron chi connectivity index (χ0n) is 13.0. The van der Waals surface area contributed by atoms with Crippen molar-refractivity contribution in [1.82, 2.24) is 4.90 Å². The van der Waals surface area contributed by atoms with E-state index >= 15 is 0 Å². The Morgan fingerprint density at radius 2 is 1.73 bits per heavy atom. The summed E-state index contributed by atoms with van der Waals surface area (Å²) in [7, 11) is 0. The summed E-state index contributed by atoms with van der Waals surface area (Å²) in [6.07, 6.45) is -0.203. The number of amides is 1. The number of benzene rings is 1. The van der Waals surface area contributed by atoms with E-state index < -0.39 is 29.4 Å². The SMILES string of the molecule is CC(C)CN(CCC(=O)O)C(=O)C(C)c1c(F)cccc1F. The van der Waals surface area contributed by atoms with Gasteiger partial charge in [0.15, 0.2) is 0 Å². The predicted molar refractivity (Wildman–Crippen MR) is 78.4 cm³/mol. The molecule has 0 aliphatic heterocycles. The van der Waals surface area contributed by atoms with Crippen LogP contribution in [0.15, 0.2) is 18.2 Å². The van der Waals surface area contributed by atoms with Gasteiger partial charge >= 0.3 is 5.97 Å². The van der Waals surface area contributed by atoms with Gasteiger partial charge in [0.05, 0.1) is 12.3 Å². The molecule has 122 valence electrons. The Hall–Kier alpha value is -1.98. The molecule has 6 heteroatoms. The fourth-order valence-corrected chi connectivity index (χ4v) is 2.28. The summed E-state index contributed by atoms with van der Waals surface area (Å²) in [5, 5.41) is 8.76. The van der Waals surface area contributed by atoms with Crippen molar-refractivity contribution in [3.63, 3.8) is 0 Å². The molecular formula is C16H21F2NO3. The summed E-state index contributed by atoms with van der Waals surface area (Å²) in [4.78, 5) is 24.6. The molecule has 22 heavy (non-hydrogen) atoms. The van der Waals surface area contributed by atoms with Crippen molar-refractivity contribution in [2.24, 2.45) is 5.92 Å². The van der Waals surface area contributed by atoms with Crippen molar-refractivity contribution in [3.8, 4) is 0 Å². The van der Waals surface area contributed by atoms with Crippen LogP contribution in [0.3, 0.4) is 0 Å². The van der Waals surface area contributed by atoms with Crippen LogP contribution in [0.25, 0.3) is 0 Å². The highest BCUT2D eigenvalue weighted by Crippen LogP contribution is 2.24. The van der Waals surface area contributed by atoms with E-state index in [4.69, 9.17) is 5.11 Å². The summed E-state index contributed by atoms with van der Waals surface area (Å²) in [6.45, 7) is 5.56. The fourth-order valence-electron chi connectivity index (χ4n) is 2.28. The first-order valence-corrected chi connectivity index (χ1v) is 7.18. The van der Waals surface area contributed by atoms with Crippen molar-refractivity contribution in [1.29, 1.82) is 0 Å². The number of halogens is 2. The van der Waals surface area contributed by atoms with Gasteiger partial charge in [-0.3, -0.25) is 9.59 Å². The van der Waals surface area contributed by atoms with Crippen LogP contribution in [0.4, 0.5) is 8.78 Å². The molecule has 0 aliphatic rings. The minimum Gasteiger partial charge on any atom is -0.481 e. The monoisotopic (exact) mass is 313 g/mol. The third kappa shape index (κ3) is 4.79. The van der Waals surface area contributed by atoms with Crippen molar-refractivity contribution >= 4 is 11.9 Å². The largest absolute Gasteiger partial charge is 0.481 e. The Labute approximate surface area is 128 Å². The van der Waals surface area contributed by atoms with Crippen LogP contribution in [-0.4, -0.2) is 35.0 Å². The van der Waals surface area contributed by atoms with Gasteiger partial charge in [0.1, 0.15) is 11.6 Å². The van der Waals surface area contributed by atoms with Gasteiger partial charge in [-0.1, -0.05) is 19.9 Å². The molecule has 1 aromatic carbocycles. The first-order valence-electron chi connectivity index (χ1n) is 7.18. The van der Waals surface area contributed by atoms with E-state index in [2.05, 4.69) is 0 Å². The van der Waals surface area contributed by atoms with Crippen molar-refractivity contribution in [2.75, 3.05) is 13.1 Å². The van der Waals surface area contributed by atoms with Crippen molar-refractivity contribution in [2.45, 2.75) is 33.1 Å². The number of hydrogen-bond acceptors (Lipinski definition) is 2. The van der Waals surface area contributed by atoms with E-state index in [1.807, 2.05) is 13.8 Å². The van der Waals surface area contributed by atoms with Crippen LogP contribution in [-0.2, 0) is 9.59 Å². The molecule has 1 rings (SSSR count). The molecule has 0 fully saturated rings. The molecule has 0 spiro atoms. The van der Waals surface area contributed by atoms with Gasteiger partial charge in [-0.25, -0.2) is 8.78 Å². The molecule has 1 atom stereocenters. The average molecular weight is 313 g/mol. The fraction of sp³-hybridized carbons (Fsp3) is 0.500. The Balaban J connectivity index is 2.98. The highest BCUT2D eigenvalue weighted by molar-refractivity contribution is 5.84. The molecule has 0 bridgehead atoms. The Morgan fingerprint density at radius 3 is 2.18 bits per heavy atom. The number of hydrogen-bond donors (Lipinski definition) is 1. The summed E-state index contributed by atoms with van der Waals surface area (Å²) in [5.74, 6) is -3.93. The lowest BCUT2D eigenvalue weighted by molar-refractivity contribution is -0.139. The zero-order chi connectivity index (χ0) is 16.9. The molecular weight excluding hydrogens is 292 g/mol. The zero-order valence-corrected chi connectivity index (χ0v) is 13.0. The maximum Gasteiger partial charge on any atom is 0.305 e. The van der Waals surface area contributed by atoms with Crippen molar-refractivity contribution < 1.29 is 23.5 Å². The van der Waals surface area contributed by atoms with E-state index in [-0.39, 0.29) is 24.4 Å². The minimum atomic E-state index is -1.02. The van der Waals surface area contributed by atoms with Crippen molar-refractivity contribution in [3.05, 3.63) is 35.4 Å². The molecule has 4 nitrogen and oxygen atoms in total. The minimum absolute atomic E-state index is 0.0206. The standard InChI is InChI=1S/C16H21F2NO3/c1-10(2)9-19(8-7-14(20)21)16(22)11(3)15-12(17)5-4-6-13(15)18/h4-6,10-11H,7-9H2,1-3H3,(H,20,21). The lowest BCUT2D eigenvalue weighted by atomic mass is 9.97. The third-order valence-corrected chi connectivity index (χ3v) is 3.30. The molecule has 1 amide bonds. The van der Waals surface area contributed by atoms with E-state index in [0.717, 1.165) is 12.1 Å². The molecule has 0 radical (unpaired) electrons. The highest BCUT2D eigenvalue weighted by atomic mass is 19.1. The maximum absolute atomic E-state index is 13.8. The van der Waals surface area contributed by atoms with Gasteiger partial charge in [0, 0.05) is 18.7 Å². The number of rotatable bonds is 7. The number of carboxylic acid groups (broad SMARTS) is 1. The Morgan fingerprint density at radius 1 is 1.18 bits per heavy atom. The highest BCUT2D eigenvalue weighted by Gasteiger charge is 2.27. The molecule has 0 aliphatic carbocycles. The molecule has 1 unspecified atom stereocenters. The van der Waals surface area contributed by atoms with E-state index in [1.54, 1.807) is 0 Å². The molecule has 1 N–H and O–H groups in total. The second-order valence-electron chi connectivity index (χ2n) is 5.68. The number of aliphatic carboxylic acids is 1. The Bertz CT molecular complexity index is 526. The van der Waals surface area contributed by atoms with Gasteiger partial charge < -0.3 is 10.0 Å². The summed E-state index contributed by atoms with van der Waals surface area (Å²) < 4.78 is 27.6. The first kappa shape index (κ1) is 18.1. The molecule has 0 saturated carbocycles. The summed E-state index contributed by atoms with van der Waals surface area (Å²) in [5.41, 5.74) is -0.281. The van der Waals surface area contributed by atoms with Crippen LogP contribution in [0.5, 0.6) is 0 Å². The van der Waals surface area contributed by atoms with Gasteiger partial charge in [-0.15, -0.1) is 0 Å². The average Bonchev–Trinajstić information content (AvgIpc) is 2.41. The summed E-state index contributed by atoms with van der Waals surface area (Å²) in [6, 6.07) is 3.44. The second-order valence-corrected chi connectivity index (χ2v) is 5.68. The van der Waals surface area contributed by atoms with Crippen LogP contribution in [0.1, 0.15) is 38.7 Å². The van der Waals surface area contributed by atoms with Crippen LogP contribution >= 0.6 is 0 Å². The molecule has 1 aromatic rings. The van der Waals surface area contributed by atoms with E-state index in [0.29, 0.717) is 6.54 Å². The second kappa shape index (κ2) is 7.87. The first-order chi connectivity index (χ1) is 10.2. The smallest absolute Gasteiger partial charge is 0.305 e. The number of carboxylic acids is 1. The lowest BCUT2D eigenvalue weighted by Crippen LogP contribution is -2.38. The quantitative estimate of drug-likeness (QED) is 0.842. The molecule has 0 aromatic heterocycles. The van der Waals surface area contributed by atoms with Gasteiger partial charge in [-0.05, 0) is 25.0 Å². The molecule has 0 saturated heterocycles. The van der Waals surface area contributed by atoms with Gasteiger partial charge in [0.25, 0.3) is 0 Å². The number of carbonyl (C=O) groups excluding carboxylic acids is 1. The number of carbonyl (C=O) groups is 2. The maximum atomic E-state index is 13.8. The van der Waals surface area contributed by atoms with E-state index in [1.165, 1.54) is 17.9 Å². The lowest BCUT2D eigenvalue weighted by Gasteiger charge is -2.27. The van der Waals surface area contributed by atoms with E-state index in [9.17, 15) is 18.4 Å². The predicted octanol–water partition coefficient (Wildman–Crippen LogP) is 3.03. The van der Waals surface area contributed by atoms with Gasteiger partial charge in [-0.2, -0.15) is 0 Å². The van der Waals surface area contributed by atoms with Crippen LogP contribution in [0, 0.1) is 17.6 Å². The Kier molecular flexibility index (Phi) is 6.46. The third-order valence-electron chi connectivity index (χ3n) is 3.30. The normalized spacial score (nSPS) is 12.3. The number of nitrogens with zero attached hydrogens (tertiary/aromatic N) is 1. The van der Waals surface area contributed by atoms with Gasteiger partial charge in [0.2, 0.25) is 5.91 Å². The van der Waals surface area contributed by atoms with Crippen LogP contribution < -0.4 is 0 Å². The summed E-state index contributed by atoms with van der Waals surface area (Å²) >= 11 is 0.